The second-order valence-corrected chi connectivity index (χ2v) is 4.84. The van der Waals surface area contributed by atoms with Crippen molar-refractivity contribution in [3.05, 3.63) is 29.8 Å². The number of carboxylic acids is 1. The van der Waals surface area contributed by atoms with E-state index in [2.05, 4.69) is 0 Å². The van der Waals surface area contributed by atoms with E-state index in [9.17, 15) is 22.0 Å². The molecule has 0 spiro atoms. The largest absolute Gasteiger partial charge is 0.478 e. The summed E-state index contributed by atoms with van der Waals surface area (Å²) in [6.45, 7) is -0.983. The van der Waals surface area contributed by atoms with Crippen LogP contribution in [0.4, 0.5) is 8.78 Å². The molecule has 5 nitrogen and oxygen atoms in total. The van der Waals surface area contributed by atoms with Gasteiger partial charge < -0.3 is 5.11 Å². The molecule has 8 heteroatoms. The quantitative estimate of drug-likeness (QED) is 0.829. The van der Waals surface area contributed by atoms with Gasteiger partial charge in [-0.2, -0.15) is 0 Å². The minimum Gasteiger partial charge on any atom is -0.478 e. The van der Waals surface area contributed by atoms with Gasteiger partial charge in [0.15, 0.2) is 0 Å². The number of hydrogen-bond acceptors (Lipinski definition) is 3. The van der Waals surface area contributed by atoms with Crippen molar-refractivity contribution in [3.63, 3.8) is 0 Å². The zero-order valence-corrected chi connectivity index (χ0v) is 9.25. The summed E-state index contributed by atoms with van der Waals surface area (Å²) >= 11 is 0. The predicted molar refractivity (Wildman–Crippen MR) is 54.6 cm³/mol. The molecule has 17 heavy (non-hydrogen) atoms. The summed E-state index contributed by atoms with van der Waals surface area (Å²) in [7, 11) is -4.02. The van der Waals surface area contributed by atoms with Gasteiger partial charge in [0.25, 0.3) is 6.43 Å². The van der Waals surface area contributed by atoms with Crippen LogP contribution >= 0.6 is 0 Å². The van der Waals surface area contributed by atoms with Crippen LogP contribution in [0.2, 0.25) is 0 Å². The first-order valence-electron chi connectivity index (χ1n) is 4.44. The zero-order valence-electron chi connectivity index (χ0n) is 8.43. The summed E-state index contributed by atoms with van der Waals surface area (Å²) in [6.07, 6.45) is -2.79. The van der Waals surface area contributed by atoms with Crippen molar-refractivity contribution in [2.24, 2.45) is 0 Å². The van der Waals surface area contributed by atoms with E-state index in [1.54, 1.807) is 4.72 Å². The Hall–Kier alpha value is -1.54. The highest BCUT2D eigenvalue weighted by Crippen LogP contribution is 2.10. The standard InChI is InChI=1S/C9H9F2NO4S/c10-8(11)5-12-17(15,16)7-3-1-6(2-4-7)9(13)14/h1-4,8,12H,5H2,(H,13,14). The van der Waals surface area contributed by atoms with Crippen molar-refractivity contribution in [3.8, 4) is 0 Å². The van der Waals surface area contributed by atoms with E-state index in [1.165, 1.54) is 0 Å². The number of nitrogens with one attached hydrogen (secondary N) is 1. The Kier molecular flexibility index (Phi) is 4.13. The highest BCUT2D eigenvalue weighted by molar-refractivity contribution is 7.89. The number of rotatable bonds is 5. The molecule has 1 rings (SSSR count). The molecule has 0 saturated carbocycles. The molecular weight excluding hydrogens is 256 g/mol. The smallest absolute Gasteiger partial charge is 0.335 e. The number of hydrogen-bond donors (Lipinski definition) is 2. The van der Waals surface area contributed by atoms with Crippen molar-refractivity contribution >= 4 is 16.0 Å². The van der Waals surface area contributed by atoms with Gasteiger partial charge in [0.05, 0.1) is 17.0 Å². The summed E-state index contributed by atoms with van der Waals surface area (Å²) in [5.74, 6) is -1.20. The Balaban J connectivity index is 2.89. The second kappa shape index (κ2) is 5.19. The molecule has 0 amide bonds. The van der Waals surface area contributed by atoms with E-state index < -0.39 is 29.0 Å². The van der Waals surface area contributed by atoms with E-state index in [-0.39, 0.29) is 10.5 Å². The summed E-state index contributed by atoms with van der Waals surface area (Å²) in [4.78, 5) is 10.3. The van der Waals surface area contributed by atoms with Gasteiger partial charge in [-0.05, 0) is 24.3 Å². The van der Waals surface area contributed by atoms with Crippen LogP contribution in [0.3, 0.4) is 0 Å². The maximum Gasteiger partial charge on any atom is 0.335 e. The molecular formula is C9H9F2NO4S. The lowest BCUT2D eigenvalue weighted by molar-refractivity contribution is 0.0696. The lowest BCUT2D eigenvalue weighted by Gasteiger charge is -2.06. The third-order valence-electron chi connectivity index (χ3n) is 1.84. The summed E-state index contributed by atoms with van der Waals surface area (Å²) in [5.41, 5.74) is -0.0854. The van der Waals surface area contributed by atoms with Gasteiger partial charge in [0.2, 0.25) is 10.0 Å². The molecule has 0 atom stereocenters. The summed E-state index contributed by atoms with van der Waals surface area (Å²) in [5, 5.41) is 8.59. The highest BCUT2D eigenvalue weighted by Gasteiger charge is 2.16. The van der Waals surface area contributed by atoms with Crippen molar-refractivity contribution in [2.75, 3.05) is 6.54 Å². The number of carboxylic acid groups (broad SMARTS) is 1. The molecule has 1 aromatic carbocycles. The van der Waals surface area contributed by atoms with Gasteiger partial charge in [-0.15, -0.1) is 0 Å². The number of carbonyl (C=O) groups is 1. The zero-order chi connectivity index (χ0) is 13.1. The Bertz CT molecular complexity index is 498. The molecule has 0 aliphatic rings. The van der Waals surface area contributed by atoms with Crippen molar-refractivity contribution in [1.82, 2.24) is 4.72 Å². The van der Waals surface area contributed by atoms with Crippen LogP contribution < -0.4 is 4.72 Å². The van der Waals surface area contributed by atoms with E-state index >= 15 is 0 Å². The number of aromatic carboxylic acids is 1. The van der Waals surface area contributed by atoms with Crippen LogP contribution in [0, 0.1) is 0 Å². The first-order chi connectivity index (χ1) is 7.83. The van der Waals surface area contributed by atoms with Gasteiger partial charge in [-0.3, -0.25) is 0 Å². The molecule has 0 bridgehead atoms. The molecule has 0 saturated heterocycles. The molecule has 0 radical (unpaired) electrons. The number of halogens is 2. The molecule has 1 aromatic rings. The molecule has 2 N–H and O–H groups in total. The summed E-state index contributed by atoms with van der Waals surface area (Å²) < 4.78 is 48.2. The molecule has 0 heterocycles. The number of sulfonamides is 1. The average Bonchev–Trinajstić information content (AvgIpc) is 2.27. The van der Waals surface area contributed by atoms with Gasteiger partial charge in [0.1, 0.15) is 0 Å². The first kappa shape index (κ1) is 13.5. The number of benzene rings is 1. The molecule has 0 fully saturated rings. The monoisotopic (exact) mass is 265 g/mol. The maximum atomic E-state index is 11.8. The van der Waals surface area contributed by atoms with Gasteiger partial charge in [-0.25, -0.2) is 26.7 Å². The Morgan fingerprint density at radius 3 is 2.24 bits per heavy atom. The van der Waals surface area contributed by atoms with E-state index in [4.69, 9.17) is 5.11 Å². The fourth-order valence-corrected chi connectivity index (χ4v) is 2.04. The Labute approximate surface area is 96.1 Å². The minimum absolute atomic E-state index is 0.0854. The average molecular weight is 265 g/mol. The van der Waals surface area contributed by atoms with Crippen LogP contribution in [0.1, 0.15) is 10.4 Å². The fraction of sp³-hybridized carbons (Fsp3) is 0.222. The third kappa shape index (κ3) is 3.75. The maximum absolute atomic E-state index is 11.8. The fourth-order valence-electron chi connectivity index (χ4n) is 1.03. The number of alkyl halides is 2. The van der Waals surface area contributed by atoms with Crippen molar-refractivity contribution in [1.29, 1.82) is 0 Å². The van der Waals surface area contributed by atoms with Gasteiger partial charge in [0, 0.05) is 0 Å². The lowest BCUT2D eigenvalue weighted by Crippen LogP contribution is -2.28. The molecule has 0 aliphatic carbocycles. The van der Waals surface area contributed by atoms with E-state index in [0.29, 0.717) is 0 Å². The lowest BCUT2D eigenvalue weighted by atomic mass is 10.2. The molecule has 0 unspecified atom stereocenters. The van der Waals surface area contributed by atoms with Crippen LogP contribution in [0.25, 0.3) is 0 Å². The normalized spacial score (nSPS) is 11.7. The van der Waals surface area contributed by atoms with Crippen LogP contribution in [-0.2, 0) is 10.0 Å². The Morgan fingerprint density at radius 1 is 1.29 bits per heavy atom. The van der Waals surface area contributed by atoms with E-state index in [1.807, 2.05) is 0 Å². The van der Waals surface area contributed by atoms with Gasteiger partial charge in [-0.1, -0.05) is 0 Å². The summed E-state index contributed by atoms with van der Waals surface area (Å²) in [6, 6.07) is 4.24. The third-order valence-corrected chi connectivity index (χ3v) is 3.28. The minimum atomic E-state index is -4.02. The predicted octanol–water partition coefficient (Wildman–Crippen LogP) is 0.928. The van der Waals surface area contributed by atoms with Crippen LogP contribution in [0.5, 0.6) is 0 Å². The van der Waals surface area contributed by atoms with Crippen molar-refractivity contribution in [2.45, 2.75) is 11.3 Å². The molecule has 94 valence electrons. The topological polar surface area (TPSA) is 83.5 Å². The van der Waals surface area contributed by atoms with E-state index in [0.717, 1.165) is 24.3 Å². The SMILES string of the molecule is O=C(O)c1ccc(S(=O)(=O)NCC(F)F)cc1. The van der Waals surface area contributed by atoms with Crippen LogP contribution in [-0.4, -0.2) is 32.5 Å². The molecule has 0 aliphatic heterocycles. The van der Waals surface area contributed by atoms with Crippen LogP contribution in [0.15, 0.2) is 29.2 Å². The second-order valence-electron chi connectivity index (χ2n) is 3.07. The van der Waals surface area contributed by atoms with Gasteiger partial charge >= 0.3 is 5.97 Å². The molecule has 0 aromatic heterocycles. The Morgan fingerprint density at radius 2 is 1.82 bits per heavy atom. The first-order valence-corrected chi connectivity index (χ1v) is 5.92. The van der Waals surface area contributed by atoms with Crippen molar-refractivity contribution < 1.29 is 27.1 Å². The highest BCUT2D eigenvalue weighted by atomic mass is 32.2.